The molecule has 0 radical (unpaired) electrons. The normalized spacial score (nSPS) is 17.5. The van der Waals surface area contributed by atoms with E-state index in [2.05, 4.69) is 40.9 Å². The number of ether oxygens (including phenoxy) is 1. The Labute approximate surface area is 177 Å². The van der Waals surface area contributed by atoms with Crippen molar-refractivity contribution in [3.8, 4) is 5.75 Å². The molecule has 3 N–H and O–H groups in total. The predicted molar refractivity (Wildman–Crippen MR) is 119 cm³/mol. The van der Waals surface area contributed by atoms with E-state index >= 15 is 0 Å². The van der Waals surface area contributed by atoms with Gasteiger partial charge in [0.2, 0.25) is 11.9 Å². The number of piperidine rings is 1. The first-order chi connectivity index (χ1) is 13.9. The van der Waals surface area contributed by atoms with Crippen molar-refractivity contribution in [1.82, 2.24) is 24.3 Å². The molecule has 2 aromatic rings. The van der Waals surface area contributed by atoms with Gasteiger partial charge >= 0.3 is 5.95 Å². The molecule has 0 amide bonds. The van der Waals surface area contributed by atoms with Gasteiger partial charge < -0.3 is 20.7 Å². The maximum atomic E-state index is 6.47. The Bertz CT molecular complexity index is 870. The number of nitrogen functional groups attached to an aromatic ring is 1. The first-order valence-electron chi connectivity index (χ1n) is 9.64. The van der Waals surface area contributed by atoms with Crippen molar-refractivity contribution in [2.45, 2.75) is 18.9 Å². The molecule has 3 rings (SSSR count). The Hall–Kier alpha value is -2.42. The lowest BCUT2D eigenvalue weighted by Crippen LogP contribution is -2.54. The molecule has 156 valence electrons. The molecular formula is C20H29ClN7O+. The minimum Gasteiger partial charge on any atom is -0.495 e. The number of rotatable bonds is 7. The van der Waals surface area contributed by atoms with E-state index in [-0.39, 0.29) is 12.0 Å². The number of methoxy groups -OCH3 is 1. The summed E-state index contributed by atoms with van der Waals surface area (Å²) in [5.41, 5.74) is 7.02. The molecular weight excluding hydrogens is 390 g/mol. The number of aromatic nitrogens is 3. The third kappa shape index (κ3) is 4.44. The lowest BCUT2D eigenvalue weighted by atomic mass is 10.00. The lowest BCUT2D eigenvalue weighted by molar-refractivity contribution is 0.180. The zero-order valence-electron chi connectivity index (χ0n) is 17.2. The van der Waals surface area contributed by atoms with Crippen molar-refractivity contribution < 1.29 is 4.74 Å². The maximum Gasteiger partial charge on any atom is 0.340 e. The number of nitrogens with two attached hydrogens (primary N) is 1. The monoisotopic (exact) mass is 418 g/mol. The third-order valence-corrected chi connectivity index (χ3v) is 5.85. The van der Waals surface area contributed by atoms with Crippen molar-refractivity contribution in [1.29, 1.82) is 0 Å². The SMILES string of the molecule is C=CCNc1nc(N)nc([N+](C)(c2ccc(OC)c(Cl)c2)C2CCN(C)CC2)n1. The van der Waals surface area contributed by atoms with E-state index in [9.17, 15) is 0 Å². The largest absolute Gasteiger partial charge is 0.495 e. The molecule has 0 spiro atoms. The molecule has 1 aromatic heterocycles. The van der Waals surface area contributed by atoms with Gasteiger partial charge in [-0.1, -0.05) is 17.7 Å². The van der Waals surface area contributed by atoms with Crippen molar-refractivity contribution >= 4 is 35.1 Å². The summed E-state index contributed by atoms with van der Waals surface area (Å²) in [6.07, 6.45) is 3.74. The van der Waals surface area contributed by atoms with Gasteiger partial charge in [-0.3, -0.25) is 0 Å². The zero-order chi connectivity index (χ0) is 21.0. The number of hydrogen-bond acceptors (Lipinski definition) is 7. The molecule has 0 saturated carbocycles. The van der Waals surface area contributed by atoms with Gasteiger partial charge in [0.25, 0.3) is 0 Å². The quantitative estimate of drug-likeness (QED) is 0.527. The number of likely N-dealkylation sites (tertiary alicyclic amines) is 1. The average molecular weight is 419 g/mol. The molecule has 1 saturated heterocycles. The maximum absolute atomic E-state index is 6.47. The lowest BCUT2D eigenvalue weighted by Gasteiger charge is -2.42. The fourth-order valence-electron chi connectivity index (χ4n) is 3.78. The van der Waals surface area contributed by atoms with Gasteiger partial charge in [0.15, 0.2) is 0 Å². The highest BCUT2D eigenvalue weighted by Gasteiger charge is 2.42. The molecule has 1 unspecified atom stereocenters. The topological polar surface area (TPSA) is 89.2 Å². The van der Waals surface area contributed by atoms with Crippen molar-refractivity contribution in [2.24, 2.45) is 0 Å². The Morgan fingerprint density at radius 2 is 2.07 bits per heavy atom. The van der Waals surface area contributed by atoms with Crippen LogP contribution in [0.5, 0.6) is 5.75 Å². The molecule has 9 heteroatoms. The minimum absolute atomic E-state index is 0.179. The fraction of sp³-hybridized carbons (Fsp3) is 0.450. The van der Waals surface area contributed by atoms with Crippen LogP contribution in [0.15, 0.2) is 30.9 Å². The van der Waals surface area contributed by atoms with Crippen molar-refractivity contribution in [3.63, 3.8) is 0 Å². The van der Waals surface area contributed by atoms with Gasteiger partial charge in [-0.2, -0.15) is 4.98 Å². The summed E-state index contributed by atoms with van der Waals surface area (Å²) in [6, 6.07) is 6.09. The van der Waals surface area contributed by atoms with Crippen LogP contribution in [0.1, 0.15) is 12.8 Å². The molecule has 1 atom stereocenters. The summed E-state index contributed by atoms with van der Waals surface area (Å²) in [5, 5.41) is 3.66. The van der Waals surface area contributed by atoms with E-state index < -0.39 is 0 Å². The first-order valence-corrected chi connectivity index (χ1v) is 10.0. The van der Waals surface area contributed by atoms with Gasteiger partial charge in [0.1, 0.15) is 17.5 Å². The summed E-state index contributed by atoms with van der Waals surface area (Å²) in [7, 11) is 5.86. The van der Waals surface area contributed by atoms with Crippen LogP contribution >= 0.6 is 11.6 Å². The summed E-state index contributed by atoms with van der Waals surface area (Å²) in [4.78, 5) is 15.8. The second kappa shape index (κ2) is 8.94. The number of nitrogens with zero attached hydrogens (tertiary/aromatic N) is 5. The van der Waals surface area contributed by atoms with Crippen LogP contribution in [-0.4, -0.2) is 66.7 Å². The van der Waals surface area contributed by atoms with Gasteiger partial charge in [-0.25, -0.2) is 4.48 Å². The molecule has 1 fully saturated rings. The average Bonchev–Trinajstić information content (AvgIpc) is 2.71. The standard InChI is InChI=1S/C20H29ClN7O/c1-5-10-23-19-24-18(22)25-20(26-19)28(3,14-8-11-27(2)12-9-14)15-6-7-17(29-4)16(21)13-15/h5-7,13-14H,1,8-12H2,2-4H3,(H3,22,23,24,25,26)/q+1. The predicted octanol–water partition coefficient (Wildman–Crippen LogP) is 3.08. The summed E-state index contributed by atoms with van der Waals surface area (Å²) in [6.45, 7) is 6.27. The molecule has 2 heterocycles. The number of hydrogen-bond donors (Lipinski definition) is 2. The Morgan fingerprint density at radius 1 is 1.34 bits per heavy atom. The number of halogens is 1. The smallest absolute Gasteiger partial charge is 0.340 e. The fourth-order valence-corrected chi connectivity index (χ4v) is 4.03. The molecule has 1 aromatic carbocycles. The molecule has 1 aliphatic rings. The van der Waals surface area contributed by atoms with E-state index in [1.54, 1.807) is 13.2 Å². The van der Waals surface area contributed by atoms with Gasteiger partial charge in [0, 0.05) is 44.6 Å². The van der Waals surface area contributed by atoms with Crippen molar-refractivity contribution in [3.05, 3.63) is 35.9 Å². The van der Waals surface area contributed by atoms with Crippen LogP contribution in [-0.2, 0) is 0 Å². The van der Waals surface area contributed by atoms with E-state index in [1.165, 1.54) is 0 Å². The van der Waals surface area contributed by atoms with E-state index in [0.29, 0.717) is 33.7 Å². The minimum atomic E-state index is 0.179. The molecule has 1 aliphatic heterocycles. The second-order valence-electron chi connectivity index (χ2n) is 7.42. The van der Waals surface area contributed by atoms with Crippen LogP contribution in [0.25, 0.3) is 0 Å². The molecule has 29 heavy (non-hydrogen) atoms. The molecule has 0 aliphatic carbocycles. The van der Waals surface area contributed by atoms with Gasteiger partial charge in [-0.05, 0) is 13.1 Å². The van der Waals surface area contributed by atoms with Gasteiger partial charge in [-0.15, -0.1) is 16.5 Å². The first kappa shape index (κ1) is 21.3. The van der Waals surface area contributed by atoms with Crippen LogP contribution in [0.3, 0.4) is 0 Å². The van der Waals surface area contributed by atoms with Crippen molar-refractivity contribution in [2.75, 3.05) is 51.9 Å². The third-order valence-electron chi connectivity index (χ3n) is 5.55. The summed E-state index contributed by atoms with van der Waals surface area (Å²) < 4.78 is 5.72. The van der Waals surface area contributed by atoms with Crippen LogP contribution in [0.4, 0.5) is 23.5 Å². The summed E-state index contributed by atoms with van der Waals surface area (Å²) >= 11 is 6.47. The number of nitrogens with one attached hydrogen (secondary N) is 1. The van der Waals surface area contributed by atoms with Crippen LogP contribution < -0.4 is 20.3 Å². The highest BCUT2D eigenvalue weighted by molar-refractivity contribution is 6.32. The van der Waals surface area contributed by atoms with E-state index in [4.69, 9.17) is 27.1 Å². The number of benzene rings is 1. The number of quaternary nitrogens is 1. The second-order valence-corrected chi connectivity index (χ2v) is 7.82. The Morgan fingerprint density at radius 3 is 2.69 bits per heavy atom. The van der Waals surface area contributed by atoms with Crippen LogP contribution in [0.2, 0.25) is 5.02 Å². The Kier molecular flexibility index (Phi) is 6.56. The molecule has 0 bridgehead atoms. The van der Waals surface area contributed by atoms with E-state index in [0.717, 1.165) is 31.6 Å². The van der Waals surface area contributed by atoms with Gasteiger partial charge in [0.05, 0.1) is 19.2 Å². The summed E-state index contributed by atoms with van der Waals surface area (Å²) in [5.74, 6) is 1.83. The molecule has 8 nitrogen and oxygen atoms in total. The number of anilines is 2. The highest BCUT2D eigenvalue weighted by Crippen LogP contribution is 2.40. The zero-order valence-corrected chi connectivity index (χ0v) is 18.0. The van der Waals surface area contributed by atoms with Crippen LogP contribution in [0, 0.1) is 0 Å². The highest BCUT2D eigenvalue weighted by atomic mass is 35.5. The Balaban J connectivity index is 2.11. The van der Waals surface area contributed by atoms with E-state index in [1.807, 2.05) is 18.2 Å².